The van der Waals surface area contributed by atoms with Gasteiger partial charge in [0.25, 0.3) is 5.69 Å². The Labute approximate surface area is 214 Å². The summed E-state index contributed by atoms with van der Waals surface area (Å²) in [5, 5.41) is 14.5. The zero-order chi connectivity index (χ0) is 26.3. The Morgan fingerprint density at radius 1 is 1.14 bits per heavy atom. The Morgan fingerprint density at radius 3 is 2.37 bits per heavy atom. The molecule has 0 spiro atoms. The minimum absolute atomic E-state index is 0.0504. The van der Waals surface area contributed by atoms with Crippen LogP contribution in [0.25, 0.3) is 0 Å². The van der Waals surface area contributed by atoms with Crippen molar-refractivity contribution in [1.82, 2.24) is 10.2 Å². The SMILES string of the molecule is CCNC(=O)[C@@H](CC)N(Cc1ccc(Cl)cc1Cl)C(=O)CN(c1cccc([N+](=O)[O-])c1)S(C)(=O)=O. The van der Waals surface area contributed by atoms with Crippen LogP contribution in [0.15, 0.2) is 42.5 Å². The number of nitrogens with zero attached hydrogens (tertiary/aromatic N) is 3. The molecule has 0 aliphatic carbocycles. The standard InChI is InChI=1S/C22H26Cl2N4O6S/c1-4-20(22(30)25-5-2)26(13-15-9-10-16(23)11-19(15)24)21(29)14-27(35(3,33)34)17-7-6-8-18(12-17)28(31)32/h6-12,20H,4-5,13-14H2,1-3H3,(H,25,30)/t20-/m1/s1. The fraction of sp³-hybridized carbons (Fsp3) is 0.364. The predicted molar refractivity (Wildman–Crippen MR) is 135 cm³/mol. The summed E-state index contributed by atoms with van der Waals surface area (Å²) in [5.74, 6) is -1.10. The molecule has 2 amide bonds. The van der Waals surface area contributed by atoms with Gasteiger partial charge in [0, 0.05) is 35.3 Å². The summed E-state index contributed by atoms with van der Waals surface area (Å²) in [7, 11) is -4.02. The van der Waals surface area contributed by atoms with Gasteiger partial charge in [-0.25, -0.2) is 8.42 Å². The van der Waals surface area contributed by atoms with Gasteiger partial charge in [0.05, 0.1) is 16.9 Å². The molecule has 0 bridgehead atoms. The summed E-state index contributed by atoms with van der Waals surface area (Å²) in [6, 6.07) is 8.74. The molecule has 0 aliphatic heterocycles. The molecule has 190 valence electrons. The molecule has 10 nitrogen and oxygen atoms in total. The maximum atomic E-state index is 13.5. The number of carbonyl (C=O) groups excluding carboxylic acids is 2. The van der Waals surface area contributed by atoms with Gasteiger partial charge in [0.15, 0.2) is 0 Å². The van der Waals surface area contributed by atoms with Crippen molar-refractivity contribution in [1.29, 1.82) is 0 Å². The van der Waals surface area contributed by atoms with Crippen LogP contribution in [0.5, 0.6) is 0 Å². The lowest BCUT2D eigenvalue weighted by Crippen LogP contribution is -2.52. The number of amides is 2. The third kappa shape index (κ3) is 7.55. The van der Waals surface area contributed by atoms with Crippen molar-refractivity contribution < 1.29 is 22.9 Å². The van der Waals surface area contributed by atoms with Crippen LogP contribution in [-0.4, -0.2) is 55.4 Å². The van der Waals surface area contributed by atoms with Gasteiger partial charge in [-0.15, -0.1) is 0 Å². The molecule has 1 N–H and O–H groups in total. The number of anilines is 1. The van der Waals surface area contributed by atoms with Crippen molar-refractivity contribution >= 4 is 56.4 Å². The van der Waals surface area contributed by atoms with Gasteiger partial charge in [0.1, 0.15) is 12.6 Å². The van der Waals surface area contributed by atoms with Gasteiger partial charge in [-0.3, -0.25) is 24.0 Å². The molecule has 0 saturated heterocycles. The van der Waals surface area contributed by atoms with Gasteiger partial charge in [-0.2, -0.15) is 0 Å². The summed E-state index contributed by atoms with van der Waals surface area (Å²) in [6.45, 7) is 3.03. The quantitative estimate of drug-likeness (QED) is 0.339. The highest BCUT2D eigenvalue weighted by molar-refractivity contribution is 7.92. The molecule has 0 saturated carbocycles. The lowest BCUT2D eigenvalue weighted by molar-refractivity contribution is -0.384. The molecule has 0 unspecified atom stereocenters. The lowest BCUT2D eigenvalue weighted by atomic mass is 10.1. The van der Waals surface area contributed by atoms with Gasteiger partial charge < -0.3 is 10.2 Å². The number of hydrogen-bond acceptors (Lipinski definition) is 6. The zero-order valence-corrected chi connectivity index (χ0v) is 21.7. The number of rotatable bonds is 11. The maximum Gasteiger partial charge on any atom is 0.271 e. The number of sulfonamides is 1. The number of nitro groups is 1. The molecule has 2 aromatic carbocycles. The first-order valence-electron chi connectivity index (χ1n) is 10.6. The Hall–Kier alpha value is -2.89. The van der Waals surface area contributed by atoms with E-state index in [1.54, 1.807) is 26.0 Å². The highest BCUT2D eigenvalue weighted by Crippen LogP contribution is 2.26. The highest BCUT2D eigenvalue weighted by Gasteiger charge is 2.32. The largest absolute Gasteiger partial charge is 0.355 e. The summed E-state index contributed by atoms with van der Waals surface area (Å²) >= 11 is 12.3. The first-order valence-corrected chi connectivity index (χ1v) is 13.2. The first kappa shape index (κ1) is 28.3. The van der Waals surface area contributed by atoms with E-state index in [1.807, 2.05) is 0 Å². The third-order valence-electron chi connectivity index (χ3n) is 5.10. The Kier molecular flexibility index (Phi) is 9.87. The van der Waals surface area contributed by atoms with Crippen molar-refractivity contribution in [2.45, 2.75) is 32.9 Å². The van der Waals surface area contributed by atoms with E-state index < -0.39 is 39.3 Å². The topological polar surface area (TPSA) is 130 Å². The first-order chi connectivity index (χ1) is 16.4. The molecule has 0 aliphatic rings. The minimum Gasteiger partial charge on any atom is -0.355 e. The second kappa shape index (κ2) is 12.2. The van der Waals surface area contributed by atoms with Crippen molar-refractivity contribution in [3.8, 4) is 0 Å². The van der Waals surface area contributed by atoms with Crippen LogP contribution in [0.3, 0.4) is 0 Å². The van der Waals surface area contributed by atoms with Gasteiger partial charge in [-0.05, 0) is 37.1 Å². The number of likely N-dealkylation sites (N-methyl/N-ethyl adjacent to an activating group) is 1. The molecule has 35 heavy (non-hydrogen) atoms. The predicted octanol–water partition coefficient (Wildman–Crippen LogP) is 3.61. The van der Waals surface area contributed by atoms with Crippen molar-refractivity contribution in [3.05, 3.63) is 68.2 Å². The molecule has 0 fully saturated rings. The van der Waals surface area contributed by atoms with Crippen molar-refractivity contribution in [3.63, 3.8) is 0 Å². The average Bonchev–Trinajstić information content (AvgIpc) is 2.78. The maximum absolute atomic E-state index is 13.5. The van der Waals surface area contributed by atoms with Gasteiger partial charge in [-0.1, -0.05) is 42.3 Å². The average molecular weight is 545 g/mol. The van der Waals surface area contributed by atoms with E-state index >= 15 is 0 Å². The van der Waals surface area contributed by atoms with Crippen LogP contribution in [-0.2, 0) is 26.2 Å². The number of non-ortho nitro benzene ring substituents is 1. The second-order valence-electron chi connectivity index (χ2n) is 7.62. The third-order valence-corrected chi connectivity index (χ3v) is 6.83. The molecule has 0 radical (unpaired) electrons. The molecule has 0 aromatic heterocycles. The number of nitrogens with one attached hydrogen (secondary N) is 1. The van der Waals surface area contributed by atoms with E-state index in [9.17, 15) is 28.1 Å². The Balaban J connectivity index is 2.50. The molecular weight excluding hydrogens is 519 g/mol. The second-order valence-corrected chi connectivity index (χ2v) is 10.4. The van der Waals surface area contributed by atoms with Crippen molar-refractivity contribution in [2.24, 2.45) is 0 Å². The van der Waals surface area contributed by atoms with Crippen LogP contribution < -0.4 is 9.62 Å². The number of hydrogen-bond donors (Lipinski definition) is 1. The number of nitro benzene ring substituents is 1. The van der Waals surface area contributed by atoms with E-state index in [4.69, 9.17) is 23.2 Å². The van der Waals surface area contributed by atoms with E-state index in [-0.39, 0.29) is 29.4 Å². The summed E-state index contributed by atoms with van der Waals surface area (Å²) in [5.41, 5.74) is 0.126. The monoisotopic (exact) mass is 544 g/mol. The molecule has 2 rings (SSSR count). The fourth-order valence-electron chi connectivity index (χ4n) is 3.42. The summed E-state index contributed by atoms with van der Waals surface area (Å²) in [6.07, 6.45) is 1.14. The number of halogens is 2. The lowest BCUT2D eigenvalue weighted by Gasteiger charge is -2.33. The smallest absolute Gasteiger partial charge is 0.271 e. The zero-order valence-electron chi connectivity index (χ0n) is 19.4. The van der Waals surface area contributed by atoms with E-state index in [2.05, 4.69) is 5.32 Å². The van der Waals surface area contributed by atoms with Crippen LogP contribution in [0.4, 0.5) is 11.4 Å². The number of carbonyl (C=O) groups is 2. The molecule has 1 atom stereocenters. The molecule has 13 heteroatoms. The van der Waals surface area contributed by atoms with E-state index in [1.165, 1.54) is 29.2 Å². The van der Waals surface area contributed by atoms with Gasteiger partial charge in [0.2, 0.25) is 21.8 Å². The number of benzene rings is 2. The minimum atomic E-state index is -4.02. The van der Waals surface area contributed by atoms with Crippen LogP contribution in [0, 0.1) is 10.1 Å². The summed E-state index contributed by atoms with van der Waals surface area (Å²) in [4.78, 5) is 38.0. The van der Waals surface area contributed by atoms with Crippen LogP contribution in [0.2, 0.25) is 10.0 Å². The fourth-order valence-corrected chi connectivity index (χ4v) is 4.73. The Morgan fingerprint density at radius 2 is 1.83 bits per heavy atom. The van der Waals surface area contributed by atoms with Crippen LogP contribution >= 0.6 is 23.2 Å². The van der Waals surface area contributed by atoms with Crippen molar-refractivity contribution in [2.75, 3.05) is 23.7 Å². The Bertz CT molecular complexity index is 1210. The normalized spacial score (nSPS) is 12.0. The van der Waals surface area contributed by atoms with Gasteiger partial charge >= 0.3 is 0 Å². The van der Waals surface area contributed by atoms with E-state index in [0.29, 0.717) is 17.1 Å². The molecule has 2 aromatic rings. The molecular formula is C22H26Cl2N4O6S. The summed E-state index contributed by atoms with van der Waals surface area (Å²) < 4.78 is 25.9. The highest BCUT2D eigenvalue weighted by atomic mass is 35.5. The van der Waals surface area contributed by atoms with Crippen LogP contribution in [0.1, 0.15) is 25.8 Å². The van der Waals surface area contributed by atoms with E-state index in [0.717, 1.165) is 16.6 Å². The molecule has 0 heterocycles.